The minimum Gasteiger partial charge on any atom is -0.314 e. The van der Waals surface area contributed by atoms with Crippen molar-refractivity contribution in [2.75, 3.05) is 26.2 Å². The minimum atomic E-state index is -0.0364. The number of likely N-dealkylation sites (tertiary alicyclic amines) is 1. The Kier molecular flexibility index (Phi) is 4.18. The summed E-state index contributed by atoms with van der Waals surface area (Å²) in [6.07, 6.45) is 7.01. The summed E-state index contributed by atoms with van der Waals surface area (Å²) in [7, 11) is 0. The lowest BCUT2D eigenvalue weighted by Gasteiger charge is -2.34. The van der Waals surface area contributed by atoms with Crippen LogP contribution in [-0.4, -0.2) is 51.3 Å². The molecule has 23 heavy (non-hydrogen) atoms. The second kappa shape index (κ2) is 6.45. The van der Waals surface area contributed by atoms with Gasteiger partial charge in [0.2, 0.25) is 0 Å². The molecule has 1 atom stereocenters. The lowest BCUT2D eigenvalue weighted by Crippen LogP contribution is -2.42. The van der Waals surface area contributed by atoms with Gasteiger partial charge < -0.3 is 10.2 Å². The van der Waals surface area contributed by atoms with Crippen molar-refractivity contribution in [3.63, 3.8) is 0 Å². The predicted octanol–water partition coefficient (Wildman–Crippen LogP) is 0.960. The molecule has 2 aliphatic heterocycles. The molecule has 2 aromatic heterocycles. The first-order valence-electron chi connectivity index (χ1n) is 8.81. The molecule has 0 aliphatic carbocycles. The van der Waals surface area contributed by atoms with E-state index < -0.39 is 0 Å². The van der Waals surface area contributed by atoms with Crippen molar-refractivity contribution in [1.82, 2.24) is 24.4 Å². The first-order valence-corrected chi connectivity index (χ1v) is 8.81. The van der Waals surface area contributed by atoms with Crippen LogP contribution in [0.4, 0.5) is 0 Å². The van der Waals surface area contributed by atoms with Crippen LogP contribution in [0.3, 0.4) is 0 Å². The summed E-state index contributed by atoms with van der Waals surface area (Å²) >= 11 is 0. The van der Waals surface area contributed by atoms with Gasteiger partial charge in [-0.25, -0.2) is 9.48 Å². The van der Waals surface area contributed by atoms with Crippen molar-refractivity contribution in [3.05, 3.63) is 34.9 Å². The van der Waals surface area contributed by atoms with Gasteiger partial charge in [-0.3, -0.25) is 4.40 Å². The van der Waals surface area contributed by atoms with Crippen LogP contribution in [0, 0.1) is 5.92 Å². The van der Waals surface area contributed by atoms with Gasteiger partial charge >= 0.3 is 5.69 Å². The van der Waals surface area contributed by atoms with Crippen LogP contribution in [0.25, 0.3) is 5.65 Å². The molecular formula is C17H25N5O. The third kappa shape index (κ3) is 3.05. The number of hydrogen-bond donors (Lipinski definition) is 1. The van der Waals surface area contributed by atoms with E-state index in [-0.39, 0.29) is 5.69 Å². The summed E-state index contributed by atoms with van der Waals surface area (Å²) in [5.74, 6) is 0.840. The molecule has 4 rings (SSSR count). The highest BCUT2D eigenvalue weighted by Gasteiger charge is 2.28. The zero-order valence-corrected chi connectivity index (χ0v) is 13.5. The maximum absolute atomic E-state index is 12.3. The number of nitrogens with zero attached hydrogens (tertiary/aromatic N) is 4. The Balaban J connectivity index is 1.33. The predicted molar refractivity (Wildman–Crippen MR) is 89.6 cm³/mol. The highest BCUT2D eigenvalue weighted by atomic mass is 16.2. The van der Waals surface area contributed by atoms with Crippen molar-refractivity contribution >= 4 is 5.65 Å². The zero-order chi connectivity index (χ0) is 15.6. The highest BCUT2D eigenvalue weighted by Crippen LogP contribution is 2.25. The Morgan fingerprint density at radius 3 is 2.78 bits per heavy atom. The lowest BCUT2D eigenvalue weighted by atomic mass is 9.88. The molecule has 4 heterocycles. The van der Waals surface area contributed by atoms with Crippen molar-refractivity contribution in [2.45, 2.75) is 38.3 Å². The normalized spacial score (nSPS) is 23.7. The van der Waals surface area contributed by atoms with E-state index in [2.05, 4.69) is 15.3 Å². The molecule has 2 aromatic rings. The van der Waals surface area contributed by atoms with Crippen molar-refractivity contribution in [3.8, 4) is 0 Å². The van der Waals surface area contributed by atoms with E-state index in [0.29, 0.717) is 6.54 Å². The van der Waals surface area contributed by atoms with Crippen LogP contribution in [-0.2, 0) is 6.54 Å². The Labute approximate surface area is 136 Å². The number of rotatable bonds is 4. The van der Waals surface area contributed by atoms with Crippen LogP contribution in [0.2, 0.25) is 0 Å². The molecule has 6 nitrogen and oxygen atoms in total. The largest absolute Gasteiger partial charge is 0.350 e. The number of hydrogen-bond acceptors (Lipinski definition) is 4. The van der Waals surface area contributed by atoms with E-state index in [4.69, 9.17) is 0 Å². The Hall–Kier alpha value is -1.66. The van der Waals surface area contributed by atoms with Crippen LogP contribution in [0.5, 0.6) is 0 Å². The van der Waals surface area contributed by atoms with Crippen molar-refractivity contribution in [2.24, 2.45) is 5.92 Å². The summed E-state index contributed by atoms with van der Waals surface area (Å²) in [6.45, 7) is 5.07. The Morgan fingerprint density at radius 2 is 2.04 bits per heavy atom. The molecule has 0 spiro atoms. The van der Waals surface area contributed by atoms with Crippen LogP contribution < -0.4 is 11.0 Å². The number of nitrogens with one attached hydrogen (secondary N) is 1. The topological polar surface area (TPSA) is 54.6 Å². The van der Waals surface area contributed by atoms with E-state index >= 15 is 0 Å². The smallest absolute Gasteiger partial charge is 0.314 e. The summed E-state index contributed by atoms with van der Waals surface area (Å²) in [5.41, 5.74) is 0.689. The SMILES string of the molecule is O=c1n(CCN2CCC(C3CCCN3)CC2)nc2ccccn12. The molecule has 1 N–H and O–H groups in total. The van der Waals surface area contributed by atoms with Gasteiger partial charge in [0.25, 0.3) is 0 Å². The van der Waals surface area contributed by atoms with Crippen LogP contribution >= 0.6 is 0 Å². The van der Waals surface area contributed by atoms with Gasteiger partial charge in [0.05, 0.1) is 6.54 Å². The van der Waals surface area contributed by atoms with E-state index in [0.717, 1.165) is 37.2 Å². The molecule has 0 aromatic carbocycles. The standard InChI is InChI=1S/C17H25N5O/c23-17-21-9-2-1-5-16(21)19-22(17)13-12-20-10-6-14(7-11-20)15-4-3-8-18-15/h1-2,5,9,14-15,18H,3-4,6-8,10-13H2. The monoisotopic (exact) mass is 315 g/mol. The second-order valence-electron chi connectivity index (χ2n) is 6.82. The van der Waals surface area contributed by atoms with Gasteiger partial charge in [-0.2, -0.15) is 0 Å². The van der Waals surface area contributed by atoms with Crippen LogP contribution in [0.15, 0.2) is 29.2 Å². The average molecular weight is 315 g/mol. The first-order chi connectivity index (χ1) is 11.3. The molecule has 0 bridgehead atoms. The molecule has 0 amide bonds. The van der Waals surface area contributed by atoms with Gasteiger partial charge in [0, 0.05) is 18.8 Å². The maximum atomic E-state index is 12.3. The van der Waals surface area contributed by atoms with Gasteiger partial charge in [-0.1, -0.05) is 6.07 Å². The molecule has 2 saturated heterocycles. The Morgan fingerprint density at radius 1 is 1.17 bits per heavy atom. The van der Waals surface area contributed by atoms with E-state index in [9.17, 15) is 4.79 Å². The van der Waals surface area contributed by atoms with E-state index in [1.54, 1.807) is 15.3 Å². The molecule has 2 fully saturated rings. The number of fused-ring (bicyclic) bond motifs is 1. The minimum absolute atomic E-state index is 0.0364. The fourth-order valence-electron chi connectivity index (χ4n) is 4.04. The van der Waals surface area contributed by atoms with E-state index in [1.807, 2.05) is 18.2 Å². The van der Waals surface area contributed by atoms with E-state index in [1.165, 1.54) is 32.2 Å². The molecule has 1 unspecified atom stereocenters. The molecule has 6 heteroatoms. The summed E-state index contributed by atoms with van der Waals surface area (Å²) in [5, 5.41) is 8.05. The fourth-order valence-corrected chi connectivity index (χ4v) is 4.04. The average Bonchev–Trinajstić information content (AvgIpc) is 3.23. The van der Waals surface area contributed by atoms with Crippen molar-refractivity contribution < 1.29 is 0 Å². The third-order valence-corrected chi connectivity index (χ3v) is 5.42. The zero-order valence-electron chi connectivity index (χ0n) is 13.5. The van der Waals surface area contributed by atoms with Gasteiger partial charge in [-0.05, 0) is 63.4 Å². The number of aromatic nitrogens is 3. The lowest BCUT2D eigenvalue weighted by molar-refractivity contribution is 0.157. The summed E-state index contributed by atoms with van der Waals surface area (Å²) in [6, 6.07) is 6.40. The van der Waals surface area contributed by atoms with Gasteiger partial charge in [0.15, 0.2) is 5.65 Å². The summed E-state index contributed by atoms with van der Waals surface area (Å²) in [4.78, 5) is 14.7. The maximum Gasteiger partial charge on any atom is 0.350 e. The fraction of sp³-hybridized carbons (Fsp3) is 0.647. The van der Waals surface area contributed by atoms with Crippen LogP contribution in [0.1, 0.15) is 25.7 Å². The highest BCUT2D eigenvalue weighted by molar-refractivity contribution is 5.35. The molecule has 124 valence electrons. The third-order valence-electron chi connectivity index (χ3n) is 5.42. The molecule has 0 radical (unpaired) electrons. The number of piperidine rings is 1. The first kappa shape index (κ1) is 14.9. The number of pyridine rings is 1. The Bertz CT molecular complexity index is 707. The quantitative estimate of drug-likeness (QED) is 0.913. The molecule has 2 aliphatic rings. The second-order valence-corrected chi connectivity index (χ2v) is 6.82. The van der Waals surface area contributed by atoms with Crippen molar-refractivity contribution in [1.29, 1.82) is 0 Å². The molecular weight excluding hydrogens is 290 g/mol. The van der Waals surface area contributed by atoms with Gasteiger partial charge in [-0.15, -0.1) is 5.10 Å². The summed E-state index contributed by atoms with van der Waals surface area (Å²) < 4.78 is 3.21. The van der Waals surface area contributed by atoms with Gasteiger partial charge in [0.1, 0.15) is 0 Å². The molecule has 0 saturated carbocycles.